The first-order valence-corrected chi connectivity index (χ1v) is 9.17. The van der Waals surface area contributed by atoms with Crippen LogP contribution in [0.5, 0.6) is 0 Å². The third-order valence-corrected chi connectivity index (χ3v) is 5.75. The van der Waals surface area contributed by atoms with Crippen LogP contribution in [0.4, 0.5) is 0 Å². The van der Waals surface area contributed by atoms with E-state index >= 15 is 0 Å². The highest BCUT2D eigenvalue weighted by Crippen LogP contribution is 2.24. The molecule has 124 valence electrons. The molecule has 2 aromatic carbocycles. The van der Waals surface area contributed by atoms with E-state index in [4.69, 9.17) is 0 Å². The van der Waals surface area contributed by atoms with Crippen LogP contribution in [0.15, 0.2) is 53.4 Å². The van der Waals surface area contributed by atoms with Crippen molar-refractivity contribution in [1.82, 2.24) is 4.31 Å². The molecule has 0 bridgehead atoms. The Balaban J connectivity index is 2.24. The fourth-order valence-corrected chi connectivity index (χ4v) is 3.53. The third-order valence-electron chi connectivity index (χ3n) is 3.93. The van der Waals surface area contributed by atoms with Crippen LogP contribution in [-0.2, 0) is 22.0 Å². The second-order valence-corrected chi connectivity index (χ2v) is 9.07. The predicted molar refractivity (Wildman–Crippen MR) is 95.0 cm³/mol. The van der Waals surface area contributed by atoms with Gasteiger partial charge in [-0.05, 0) is 35.6 Å². The summed E-state index contributed by atoms with van der Waals surface area (Å²) in [6.45, 7) is 8.76. The standard InChI is InChI=1S/C19H25NO2S/c1-15-9-11-18(12-10-15)23(21,22)20(5)14-16-7-6-8-17(13-16)19(2,3)4/h6-13H,14H2,1-5H3. The first kappa shape index (κ1) is 17.7. The Bertz CT molecular complexity index is 772. The molecule has 0 aliphatic rings. The molecule has 0 unspecified atom stereocenters. The van der Waals surface area contributed by atoms with Crippen molar-refractivity contribution >= 4 is 10.0 Å². The van der Waals surface area contributed by atoms with E-state index in [1.54, 1.807) is 19.2 Å². The predicted octanol–water partition coefficient (Wildman–Crippen LogP) is 4.11. The topological polar surface area (TPSA) is 37.4 Å². The van der Waals surface area contributed by atoms with Gasteiger partial charge in [-0.2, -0.15) is 4.31 Å². The maximum Gasteiger partial charge on any atom is 0.243 e. The zero-order valence-corrected chi connectivity index (χ0v) is 15.3. The van der Waals surface area contributed by atoms with Gasteiger partial charge < -0.3 is 0 Å². The van der Waals surface area contributed by atoms with Gasteiger partial charge in [-0.3, -0.25) is 0 Å². The van der Waals surface area contributed by atoms with Crippen LogP contribution in [0, 0.1) is 6.92 Å². The molecule has 0 aliphatic carbocycles. The van der Waals surface area contributed by atoms with E-state index in [9.17, 15) is 8.42 Å². The highest BCUT2D eigenvalue weighted by molar-refractivity contribution is 7.89. The number of sulfonamides is 1. The molecule has 0 saturated heterocycles. The Morgan fingerprint density at radius 3 is 2.17 bits per heavy atom. The Labute approximate surface area is 140 Å². The van der Waals surface area contributed by atoms with Crippen molar-refractivity contribution in [2.24, 2.45) is 0 Å². The molecule has 0 fully saturated rings. The average Bonchev–Trinajstić information content (AvgIpc) is 2.47. The highest BCUT2D eigenvalue weighted by Gasteiger charge is 2.21. The molecular weight excluding hydrogens is 306 g/mol. The zero-order valence-electron chi connectivity index (χ0n) is 14.5. The average molecular weight is 331 g/mol. The van der Waals surface area contributed by atoms with Crippen molar-refractivity contribution in [3.8, 4) is 0 Å². The molecule has 0 radical (unpaired) electrons. The molecule has 0 N–H and O–H groups in total. The largest absolute Gasteiger partial charge is 0.243 e. The lowest BCUT2D eigenvalue weighted by Crippen LogP contribution is -2.26. The lowest BCUT2D eigenvalue weighted by molar-refractivity contribution is 0.466. The second kappa shape index (κ2) is 6.46. The van der Waals surface area contributed by atoms with Gasteiger partial charge in [0.2, 0.25) is 10.0 Å². The number of aryl methyl sites for hydroxylation is 1. The van der Waals surface area contributed by atoms with Gasteiger partial charge in [-0.25, -0.2) is 8.42 Å². The Kier molecular flexibility index (Phi) is 4.97. The van der Waals surface area contributed by atoms with Gasteiger partial charge in [0.25, 0.3) is 0 Å². The quantitative estimate of drug-likeness (QED) is 0.845. The summed E-state index contributed by atoms with van der Waals surface area (Å²) >= 11 is 0. The molecular formula is C19H25NO2S. The van der Waals surface area contributed by atoms with Crippen molar-refractivity contribution in [3.63, 3.8) is 0 Å². The minimum absolute atomic E-state index is 0.0460. The molecule has 0 spiro atoms. The number of rotatable bonds is 4. The second-order valence-electron chi connectivity index (χ2n) is 7.02. The molecule has 0 heterocycles. The molecule has 2 aromatic rings. The molecule has 23 heavy (non-hydrogen) atoms. The maximum atomic E-state index is 12.7. The monoisotopic (exact) mass is 331 g/mol. The van der Waals surface area contributed by atoms with Crippen LogP contribution >= 0.6 is 0 Å². The summed E-state index contributed by atoms with van der Waals surface area (Å²) in [4.78, 5) is 0.331. The molecule has 2 rings (SSSR count). The minimum Gasteiger partial charge on any atom is -0.207 e. The normalized spacial score (nSPS) is 12.6. The van der Waals surface area contributed by atoms with E-state index in [0.717, 1.165) is 11.1 Å². The fraction of sp³-hybridized carbons (Fsp3) is 0.368. The summed E-state index contributed by atoms with van der Waals surface area (Å²) < 4.78 is 26.7. The van der Waals surface area contributed by atoms with Crippen LogP contribution in [0.2, 0.25) is 0 Å². The van der Waals surface area contributed by atoms with Crippen LogP contribution < -0.4 is 0 Å². The van der Waals surface area contributed by atoms with E-state index in [1.165, 1.54) is 9.87 Å². The summed E-state index contributed by atoms with van der Waals surface area (Å²) in [5.74, 6) is 0. The maximum absolute atomic E-state index is 12.7. The SMILES string of the molecule is Cc1ccc(S(=O)(=O)N(C)Cc2cccc(C(C)(C)C)c2)cc1. The smallest absolute Gasteiger partial charge is 0.207 e. The van der Waals surface area contributed by atoms with Crippen LogP contribution in [0.25, 0.3) is 0 Å². The number of benzene rings is 2. The van der Waals surface area contributed by atoms with Gasteiger partial charge in [0, 0.05) is 13.6 Å². The summed E-state index contributed by atoms with van der Waals surface area (Å²) in [7, 11) is -1.84. The lowest BCUT2D eigenvalue weighted by atomic mass is 9.86. The van der Waals surface area contributed by atoms with Crippen LogP contribution in [-0.4, -0.2) is 19.8 Å². The van der Waals surface area contributed by atoms with E-state index < -0.39 is 10.0 Å². The molecule has 0 aromatic heterocycles. The van der Waals surface area contributed by atoms with E-state index in [0.29, 0.717) is 11.4 Å². The Hall–Kier alpha value is -1.65. The molecule has 4 heteroatoms. The van der Waals surface area contributed by atoms with E-state index in [1.807, 2.05) is 31.2 Å². The van der Waals surface area contributed by atoms with Gasteiger partial charge in [-0.15, -0.1) is 0 Å². The molecule has 0 amide bonds. The van der Waals surface area contributed by atoms with Crippen molar-refractivity contribution < 1.29 is 8.42 Å². The van der Waals surface area contributed by atoms with Gasteiger partial charge in [0.05, 0.1) is 4.90 Å². The molecule has 0 aliphatic heterocycles. The van der Waals surface area contributed by atoms with Crippen molar-refractivity contribution in [2.75, 3.05) is 7.05 Å². The summed E-state index contributed by atoms with van der Waals surface area (Å²) in [6, 6.07) is 15.1. The van der Waals surface area contributed by atoms with Gasteiger partial charge in [-0.1, -0.05) is 62.7 Å². The molecule has 3 nitrogen and oxygen atoms in total. The van der Waals surface area contributed by atoms with Crippen molar-refractivity contribution in [3.05, 3.63) is 65.2 Å². The van der Waals surface area contributed by atoms with Crippen molar-refractivity contribution in [2.45, 2.75) is 44.6 Å². The summed E-state index contributed by atoms with van der Waals surface area (Å²) in [5, 5.41) is 0. The Morgan fingerprint density at radius 1 is 1.00 bits per heavy atom. The third kappa shape index (κ3) is 4.21. The van der Waals surface area contributed by atoms with Crippen molar-refractivity contribution in [1.29, 1.82) is 0 Å². The van der Waals surface area contributed by atoms with Gasteiger partial charge >= 0.3 is 0 Å². The first-order chi connectivity index (χ1) is 10.6. The van der Waals surface area contributed by atoms with E-state index in [2.05, 4.69) is 32.9 Å². The lowest BCUT2D eigenvalue weighted by Gasteiger charge is -2.22. The van der Waals surface area contributed by atoms with Gasteiger partial charge in [0.15, 0.2) is 0 Å². The van der Waals surface area contributed by atoms with Crippen LogP contribution in [0.1, 0.15) is 37.5 Å². The van der Waals surface area contributed by atoms with Gasteiger partial charge in [0.1, 0.15) is 0 Å². The van der Waals surface area contributed by atoms with Crippen LogP contribution in [0.3, 0.4) is 0 Å². The number of hydrogen-bond acceptors (Lipinski definition) is 2. The number of hydrogen-bond donors (Lipinski definition) is 0. The minimum atomic E-state index is -3.47. The first-order valence-electron chi connectivity index (χ1n) is 7.73. The molecule has 0 atom stereocenters. The Morgan fingerprint density at radius 2 is 1.61 bits per heavy atom. The number of nitrogens with zero attached hydrogens (tertiary/aromatic N) is 1. The zero-order chi connectivity index (χ0) is 17.3. The molecule has 0 saturated carbocycles. The van der Waals surface area contributed by atoms with E-state index in [-0.39, 0.29) is 5.41 Å². The fourth-order valence-electron chi connectivity index (χ4n) is 2.37. The summed E-state index contributed by atoms with van der Waals surface area (Å²) in [6.07, 6.45) is 0. The highest BCUT2D eigenvalue weighted by atomic mass is 32.2. The summed E-state index contributed by atoms with van der Waals surface area (Å²) in [5.41, 5.74) is 3.29.